The summed E-state index contributed by atoms with van der Waals surface area (Å²) < 4.78 is 5.19. The Morgan fingerprint density at radius 3 is 2.50 bits per heavy atom. The summed E-state index contributed by atoms with van der Waals surface area (Å²) in [4.78, 5) is 10.9. The van der Waals surface area contributed by atoms with Crippen molar-refractivity contribution in [1.29, 1.82) is 5.26 Å². The maximum atomic E-state index is 10.9. The normalized spacial score (nSPS) is 10.2. The van der Waals surface area contributed by atoms with Crippen molar-refractivity contribution >= 4 is 46.9 Å². The number of nitrogens with one attached hydrogen (secondary N) is 1. The first-order valence-corrected chi connectivity index (χ1v) is 9.83. The monoisotopic (exact) mass is 464 g/mol. The largest absolute Gasteiger partial charge is 0.495 e. The fraction of sp³-hybridized carbons (Fsp3) is 0.0833. The summed E-state index contributed by atoms with van der Waals surface area (Å²) >= 11 is 6.22. The highest BCUT2D eigenvalue weighted by atomic mass is 35.5. The molecule has 0 atom stereocenters. The van der Waals surface area contributed by atoms with Gasteiger partial charge in [0.05, 0.1) is 23.8 Å². The summed E-state index contributed by atoms with van der Waals surface area (Å²) in [6.45, 7) is 0.470. The first-order valence-electron chi connectivity index (χ1n) is 9.45. The summed E-state index contributed by atoms with van der Waals surface area (Å²) in [5.74, 6) is 1.17. The maximum Gasteiger partial charge on any atom is 0.156 e. The number of rotatable bonds is 6. The highest BCUT2D eigenvalue weighted by Gasteiger charge is 2.13. The van der Waals surface area contributed by atoms with Gasteiger partial charge in [0.15, 0.2) is 5.82 Å². The Hall–Kier alpha value is -3.66. The summed E-state index contributed by atoms with van der Waals surface area (Å²) in [6.07, 6.45) is 0.797. The molecule has 160 valence electrons. The van der Waals surface area contributed by atoms with Crippen LogP contribution in [0.2, 0.25) is 5.02 Å². The van der Waals surface area contributed by atoms with Gasteiger partial charge >= 0.3 is 0 Å². The van der Waals surface area contributed by atoms with E-state index >= 15 is 0 Å². The van der Waals surface area contributed by atoms with Gasteiger partial charge in [-0.1, -0.05) is 48.0 Å². The third-order valence-corrected chi connectivity index (χ3v) is 5.20. The molecule has 4 aromatic rings. The zero-order chi connectivity index (χ0) is 21.8. The molecule has 1 aromatic heterocycles. The molecular weight excluding hydrogens is 447 g/mol. The number of fused-ring (bicyclic) bond motifs is 1. The zero-order valence-corrected chi connectivity index (χ0v) is 18.6. The van der Waals surface area contributed by atoms with Gasteiger partial charge in [-0.2, -0.15) is 5.26 Å². The molecule has 4 rings (SSSR count). The van der Waals surface area contributed by atoms with Gasteiger partial charge < -0.3 is 10.1 Å². The molecule has 0 amide bonds. The highest BCUT2D eigenvalue weighted by molar-refractivity contribution is 6.32. The van der Waals surface area contributed by atoms with Gasteiger partial charge in [0.2, 0.25) is 0 Å². The molecule has 0 bridgehead atoms. The maximum absolute atomic E-state index is 10.9. The Balaban J connectivity index is 0.00000289. The number of ether oxygens (including phenoxy) is 1. The Morgan fingerprint density at radius 1 is 1.06 bits per heavy atom. The topological polar surface area (TPSA) is 87.9 Å². The van der Waals surface area contributed by atoms with E-state index in [0.29, 0.717) is 40.0 Å². The number of carbonyl (C=O) groups excluding carboxylic acids is 1. The number of anilines is 1. The van der Waals surface area contributed by atoms with E-state index in [2.05, 4.69) is 21.6 Å². The first kappa shape index (κ1) is 23.0. The molecule has 0 aliphatic rings. The fourth-order valence-corrected chi connectivity index (χ4v) is 3.57. The number of aldehydes is 1. The van der Waals surface area contributed by atoms with Crippen LogP contribution in [0.4, 0.5) is 5.82 Å². The van der Waals surface area contributed by atoms with Crippen LogP contribution in [0.3, 0.4) is 0 Å². The van der Waals surface area contributed by atoms with Crippen LogP contribution in [-0.2, 0) is 6.54 Å². The second kappa shape index (κ2) is 10.1. The average molecular weight is 465 g/mol. The SMILES string of the molecule is COc1ccc(CNc2nnc(-c3ccc(C=O)cc3)c3ccc(C#N)cc23)cc1Cl.Cl. The minimum Gasteiger partial charge on any atom is -0.495 e. The number of halogens is 2. The summed E-state index contributed by atoms with van der Waals surface area (Å²) in [6, 6.07) is 20.3. The second-order valence-corrected chi connectivity index (χ2v) is 7.24. The lowest BCUT2D eigenvalue weighted by molar-refractivity contribution is 0.112. The number of benzene rings is 3. The molecular formula is C24H18Cl2N4O2. The zero-order valence-electron chi connectivity index (χ0n) is 17.0. The summed E-state index contributed by atoms with van der Waals surface area (Å²) in [5, 5.41) is 23.6. The van der Waals surface area contributed by atoms with Gasteiger partial charge in [-0.3, -0.25) is 4.79 Å². The molecule has 32 heavy (non-hydrogen) atoms. The van der Waals surface area contributed by atoms with Crippen molar-refractivity contribution in [3.63, 3.8) is 0 Å². The lowest BCUT2D eigenvalue weighted by Gasteiger charge is -2.12. The van der Waals surface area contributed by atoms with E-state index in [-0.39, 0.29) is 12.4 Å². The van der Waals surface area contributed by atoms with Crippen LogP contribution < -0.4 is 10.1 Å². The van der Waals surface area contributed by atoms with Crippen molar-refractivity contribution in [3.8, 4) is 23.1 Å². The second-order valence-electron chi connectivity index (χ2n) is 6.83. The Labute approximate surface area is 196 Å². The molecule has 0 saturated carbocycles. The van der Waals surface area contributed by atoms with Crippen molar-refractivity contribution in [1.82, 2.24) is 10.2 Å². The minimum absolute atomic E-state index is 0. The van der Waals surface area contributed by atoms with Crippen LogP contribution >= 0.6 is 24.0 Å². The van der Waals surface area contributed by atoms with Gasteiger partial charge in [0, 0.05) is 28.4 Å². The number of aromatic nitrogens is 2. The van der Waals surface area contributed by atoms with Crippen molar-refractivity contribution in [2.45, 2.75) is 6.54 Å². The van der Waals surface area contributed by atoms with Crippen LogP contribution in [-0.4, -0.2) is 23.6 Å². The molecule has 0 unspecified atom stereocenters. The van der Waals surface area contributed by atoms with Gasteiger partial charge in [-0.05, 0) is 29.8 Å². The number of methoxy groups -OCH3 is 1. The third kappa shape index (κ3) is 4.65. The molecule has 3 aromatic carbocycles. The number of hydrogen-bond acceptors (Lipinski definition) is 6. The molecule has 0 saturated heterocycles. The van der Waals surface area contributed by atoms with Crippen LogP contribution in [0.5, 0.6) is 5.75 Å². The van der Waals surface area contributed by atoms with Crippen LogP contribution in [0, 0.1) is 11.3 Å². The number of nitrogens with zero attached hydrogens (tertiary/aromatic N) is 3. The van der Waals surface area contributed by atoms with Crippen molar-refractivity contribution in [2.24, 2.45) is 0 Å². The van der Waals surface area contributed by atoms with E-state index in [4.69, 9.17) is 16.3 Å². The average Bonchev–Trinajstić information content (AvgIpc) is 2.82. The van der Waals surface area contributed by atoms with E-state index < -0.39 is 0 Å². The Morgan fingerprint density at radius 2 is 1.84 bits per heavy atom. The summed E-state index contributed by atoms with van der Waals surface area (Å²) in [5.41, 5.74) is 3.57. The van der Waals surface area contributed by atoms with Crippen LogP contribution in [0.15, 0.2) is 60.7 Å². The van der Waals surface area contributed by atoms with E-state index in [1.807, 2.05) is 36.4 Å². The molecule has 1 heterocycles. The van der Waals surface area contributed by atoms with E-state index in [1.165, 1.54) is 0 Å². The first-order chi connectivity index (χ1) is 15.1. The molecule has 8 heteroatoms. The van der Waals surface area contributed by atoms with Gasteiger partial charge in [-0.25, -0.2) is 0 Å². The van der Waals surface area contributed by atoms with Gasteiger partial charge in [0.1, 0.15) is 17.7 Å². The third-order valence-electron chi connectivity index (χ3n) is 4.91. The van der Waals surface area contributed by atoms with Crippen molar-refractivity contribution < 1.29 is 9.53 Å². The van der Waals surface area contributed by atoms with Crippen molar-refractivity contribution in [3.05, 3.63) is 82.4 Å². The smallest absolute Gasteiger partial charge is 0.156 e. The molecule has 0 aliphatic carbocycles. The van der Waals surface area contributed by atoms with Gasteiger partial charge in [-0.15, -0.1) is 22.6 Å². The number of nitriles is 1. The molecule has 0 aliphatic heterocycles. The van der Waals surface area contributed by atoms with Crippen LogP contribution in [0.1, 0.15) is 21.5 Å². The van der Waals surface area contributed by atoms with Crippen LogP contribution in [0.25, 0.3) is 22.0 Å². The predicted molar refractivity (Wildman–Crippen MR) is 128 cm³/mol. The van der Waals surface area contributed by atoms with E-state index in [0.717, 1.165) is 28.2 Å². The van der Waals surface area contributed by atoms with Crippen molar-refractivity contribution in [2.75, 3.05) is 12.4 Å². The summed E-state index contributed by atoms with van der Waals surface area (Å²) in [7, 11) is 1.57. The number of carbonyl (C=O) groups is 1. The lowest BCUT2D eigenvalue weighted by Crippen LogP contribution is -2.04. The molecule has 0 spiro atoms. The van der Waals surface area contributed by atoms with E-state index in [1.54, 1.807) is 31.4 Å². The Kier molecular flexibility index (Phi) is 7.26. The quantitative estimate of drug-likeness (QED) is 0.369. The highest BCUT2D eigenvalue weighted by Crippen LogP contribution is 2.31. The number of hydrogen-bond donors (Lipinski definition) is 1. The molecule has 0 radical (unpaired) electrons. The molecule has 1 N–H and O–H groups in total. The van der Waals surface area contributed by atoms with E-state index in [9.17, 15) is 10.1 Å². The molecule has 0 fully saturated rings. The predicted octanol–water partition coefficient (Wildman–Crippen LogP) is 5.68. The molecule has 6 nitrogen and oxygen atoms in total. The minimum atomic E-state index is 0. The standard InChI is InChI=1S/C24H17ClN4O2.ClH/c1-31-22-9-5-17(11-21(22)25)13-27-24-20-10-16(12-26)4-8-19(20)23(28-29-24)18-6-2-15(14-30)3-7-18;/h2-11,14H,13H2,1H3,(H,27,29);1H. The fourth-order valence-electron chi connectivity index (χ4n) is 3.29. The Bertz CT molecular complexity index is 1320. The van der Waals surface area contributed by atoms with Gasteiger partial charge in [0.25, 0.3) is 0 Å². The lowest BCUT2D eigenvalue weighted by atomic mass is 10.0.